The molecule has 4 heterocycles. The molecule has 166 valence electrons. The molecule has 2 aromatic rings. The van der Waals surface area contributed by atoms with E-state index in [9.17, 15) is 9.59 Å². The zero-order valence-corrected chi connectivity index (χ0v) is 19.3. The Balaban J connectivity index is 1.22. The van der Waals surface area contributed by atoms with E-state index in [2.05, 4.69) is 19.7 Å². The van der Waals surface area contributed by atoms with E-state index in [1.54, 1.807) is 36.5 Å². The molecule has 0 radical (unpaired) electrons. The van der Waals surface area contributed by atoms with Gasteiger partial charge >= 0.3 is 0 Å². The summed E-state index contributed by atoms with van der Waals surface area (Å²) in [6.45, 7) is 5.94. The van der Waals surface area contributed by atoms with Crippen LogP contribution in [0.4, 0.5) is 0 Å². The average Bonchev–Trinajstić information content (AvgIpc) is 3.09. The van der Waals surface area contributed by atoms with Gasteiger partial charge in [0.1, 0.15) is 4.83 Å². The molecule has 5 rings (SSSR count). The third kappa shape index (κ3) is 4.08. The normalized spacial score (nSPS) is 20.5. The van der Waals surface area contributed by atoms with Crippen molar-refractivity contribution < 1.29 is 9.59 Å². The van der Waals surface area contributed by atoms with Crippen LogP contribution in [0.15, 0.2) is 12.3 Å². The largest absolute Gasteiger partial charge is 0.345 e. The first-order valence-electron chi connectivity index (χ1n) is 11.4. The Morgan fingerprint density at radius 3 is 2.61 bits per heavy atom. The molecule has 31 heavy (non-hydrogen) atoms. The summed E-state index contributed by atoms with van der Waals surface area (Å²) in [6, 6.07) is 2.76. The van der Waals surface area contributed by atoms with Gasteiger partial charge < -0.3 is 9.80 Å². The highest BCUT2D eigenvalue weighted by Crippen LogP contribution is 2.34. The van der Waals surface area contributed by atoms with Gasteiger partial charge in [-0.3, -0.25) is 19.4 Å². The summed E-state index contributed by atoms with van der Waals surface area (Å²) in [5.41, 5.74) is 1.94. The number of thiophene rings is 1. The number of nitrogens with zero attached hydrogens (tertiary/aromatic N) is 5. The highest BCUT2D eigenvalue weighted by molar-refractivity contribution is 7.18. The van der Waals surface area contributed by atoms with Crippen LogP contribution in [0.2, 0.25) is 0 Å². The van der Waals surface area contributed by atoms with Crippen LogP contribution in [-0.4, -0.2) is 95.8 Å². The minimum Gasteiger partial charge on any atom is -0.345 e. The zero-order valence-electron chi connectivity index (χ0n) is 18.5. The second kappa shape index (κ2) is 8.48. The molecule has 2 aliphatic heterocycles. The summed E-state index contributed by atoms with van der Waals surface area (Å²) in [7, 11) is 3.52. The minimum atomic E-state index is -0.0187. The lowest BCUT2D eigenvalue weighted by Gasteiger charge is -2.43. The van der Waals surface area contributed by atoms with Crippen LogP contribution in [0, 0.1) is 0 Å². The van der Waals surface area contributed by atoms with Crippen LogP contribution in [0.5, 0.6) is 0 Å². The molecule has 2 aromatic heterocycles. The van der Waals surface area contributed by atoms with Crippen molar-refractivity contribution >= 4 is 33.4 Å². The van der Waals surface area contributed by atoms with E-state index in [0.717, 1.165) is 61.9 Å². The molecule has 0 bridgehead atoms. The number of carbonyl (C=O) groups is 2. The number of hydrogen-bond donors (Lipinski definition) is 0. The van der Waals surface area contributed by atoms with Crippen molar-refractivity contribution in [2.45, 2.75) is 38.3 Å². The monoisotopic (exact) mass is 441 g/mol. The maximum Gasteiger partial charge on any atom is 0.254 e. The van der Waals surface area contributed by atoms with Gasteiger partial charge in [-0.05, 0) is 30.9 Å². The molecule has 3 aliphatic rings. The number of carbonyl (C=O) groups excluding carboxylic acids is 2. The highest BCUT2D eigenvalue weighted by atomic mass is 32.1. The maximum atomic E-state index is 12.9. The average molecular weight is 442 g/mol. The minimum absolute atomic E-state index is 0.0187. The molecular formula is C23H31N5O2S. The highest BCUT2D eigenvalue weighted by Gasteiger charge is 2.30. The summed E-state index contributed by atoms with van der Waals surface area (Å²) < 4.78 is 0. The van der Waals surface area contributed by atoms with Crippen molar-refractivity contribution in [1.82, 2.24) is 24.6 Å². The van der Waals surface area contributed by atoms with Gasteiger partial charge in [0.15, 0.2) is 0 Å². The van der Waals surface area contributed by atoms with Gasteiger partial charge in [-0.25, -0.2) is 4.98 Å². The van der Waals surface area contributed by atoms with Crippen LogP contribution in [0.25, 0.3) is 10.2 Å². The standard InChI is InChI=1S/C23H31N5O2S/c1-25(2)23(30)16-12-19-18-6-7-26(14-20(18)31-22(19)24-13-16)15-21(29)28-10-8-27(9-11-28)17-4-3-5-17/h12-13,17H,3-11,14-15H2,1-2H3. The van der Waals surface area contributed by atoms with Crippen LogP contribution in [-0.2, 0) is 17.8 Å². The van der Waals surface area contributed by atoms with E-state index >= 15 is 0 Å². The second-order valence-corrected chi connectivity index (χ2v) is 10.3. The molecule has 1 aliphatic carbocycles. The maximum absolute atomic E-state index is 12.9. The number of hydrogen-bond acceptors (Lipinski definition) is 6. The van der Waals surface area contributed by atoms with Gasteiger partial charge in [0.25, 0.3) is 5.91 Å². The first kappa shape index (κ1) is 20.8. The van der Waals surface area contributed by atoms with Crippen molar-refractivity contribution in [1.29, 1.82) is 0 Å². The molecule has 0 spiro atoms. The van der Waals surface area contributed by atoms with Gasteiger partial charge in [-0.2, -0.15) is 0 Å². The van der Waals surface area contributed by atoms with E-state index in [4.69, 9.17) is 0 Å². The number of amides is 2. The van der Waals surface area contributed by atoms with Crippen molar-refractivity contribution in [3.8, 4) is 0 Å². The summed E-state index contributed by atoms with van der Waals surface area (Å²) in [4.78, 5) is 40.5. The lowest BCUT2D eigenvalue weighted by Crippen LogP contribution is -2.55. The fourth-order valence-corrected chi connectivity index (χ4v) is 6.14. The summed E-state index contributed by atoms with van der Waals surface area (Å²) in [5, 5.41) is 1.10. The lowest BCUT2D eigenvalue weighted by molar-refractivity contribution is -0.135. The fraction of sp³-hybridized carbons (Fsp3) is 0.609. The van der Waals surface area contributed by atoms with E-state index in [1.807, 2.05) is 6.07 Å². The first-order chi connectivity index (χ1) is 15.0. The summed E-state index contributed by atoms with van der Waals surface area (Å²) in [6.07, 6.45) is 6.61. The fourth-order valence-electron chi connectivity index (χ4n) is 4.92. The van der Waals surface area contributed by atoms with Gasteiger partial charge in [0.05, 0.1) is 12.1 Å². The topological polar surface area (TPSA) is 60.0 Å². The van der Waals surface area contributed by atoms with Crippen LogP contribution >= 0.6 is 11.3 Å². The number of fused-ring (bicyclic) bond motifs is 3. The van der Waals surface area contributed by atoms with Crippen LogP contribution in [0.3, 0.4) is 0 Å². The lowest BCUT2D eigenvalue weighted by atomic mass is 9.91. The van der Waals surface area contributed by atoms with Gasteiger partial charge in [-0.15, -0.1) is 11.3 Å². The predicted octanol–water partition coefficient (Wildman–Crippen LogP) is 2.05. The smallest absolute Gasteiger partial charge is 0.254 e. The molecule has 1 saturated heterocycles. The van der Waals surface area contributed by atoms with Gasteiger partial charge in [0.2, 0.25) is 5.91 Å². The molecule has 0 N–H and O–H groups in total. The van der Waals surface area contributed by atoms with Crippen molar-refractivity contribution in [2.75, 3.05) is 53.4 Å². The Bertz CT molecular complexity index is 991. The Morgan fingerprint density at radius 1 is 1.16 bits per heavy atom. The zero-order chi connectivity index (χ0) is 21.5. The Morgan fingerprint density at radius 2 is 1.94 bits per heavy atom. The summed E-state index contributed by atoms with van der Waals surface area (Å²) >= 11 is 1.70. The number of piperazine rings is 1. The molecular weight excluding hydrogens is 410 g/mol. The molecule has 0 unspecified atom stereocenters. The second-order valence-electron chi connectivity index (χ2n) is 9.24. The SMILES string of the molecule is CN(C)C(=O)c1cnc2sc3c(c2c1)CCN(CC(=O)N1CCN(C2CCC2)CC1)C3. The van der Waals surface area contributed by atoms with Crippen LogP contribution < -0.4 is 0 Å². The number of pyridine rings is 1. The van der Waals surface area contributed by atoms with E-state index in [0.29, 0.717) is 12.1 Å². The molecule has 7 nitrogen and oxygen atoms in total. The number of aromatic nitrogens is 1. The number of rotatable bonds is 4. The molecule has 1 saturated carbocycles. The molecule has 2 fully saturated rings. The first-order valence-corrected chi connectivity index (χ1v) is 12.2. The van der Waals surface area contributed by atoms with Crippen molar-refractivity contribution in [2.24, 2.45) is 0 Å². The molecule has 0 aromatic carbocycles. The third-order valence-electron chi connectivity index (χ3n) is 7.05. The molecule has 0 atom stereocenters. The van der Waals surface area contributed by atoms with Crippen molar-refractivity contribution in [3.63, 3.8) is 0 Å². The predicted molar refractivity (Wildman–Crippen MR) is 122 cm³/mol. The third-order valence-corrected chi connectivity index (χ3v) is 8.19. The van der Waals surface area contributed by atoms with Crippen LogP contribution in [0.1, 0.15) is 40.1 Å². The van der Waals surface area contributed by atoms with E-state index in [-0.39, 0.29) is 11.8 Å². The molecule has 8 heteroatoms. The van der Waals surface area contributed by atoms with E-state index < -0.39 is 0 Å². The van der Waals surface area contributed by atoms with Crippen molar-refractivity contribution in [3.05, 3.63) is 28.3 Å². The summed E-state index contributed by atoms with van der Waals surface area (Å²) in [5.74, 6) is 0.240. The Labute approximate surface area is 187 Å². The molecule has 2 amide bonds. The van der Waals surface area contributed by atoms with Gasteiger partial charge in [0, 0.05) is 75.9 Å². The quantitative estimate of drug-likeness (QED) is 0.727. The van der Waals surface area contributed by atoms with E-state index in [1.165, 1.54) is 29.7 Å². The van der Waals surface area contributed by atoms with Gasteiger partial charge in [-0.1, -0.05) is 6.42 Å². The Kier molecular flexibility index (Phi) is 5.71. The Hall–Kier alpha value is -2.03.